The molecular weight excluding hydrogens is 234 g/mol. The quantitative estimate of drug-likeness (QED) is 0.731. The molecule has 0 aliphatic carbocycles. The van der Waals surface area contributed by atoms with Crippen LogP contribution in [0, 0.1) is 6.92 Å². The van der Waals surface area contributed by atoms with Crippen molar-refractivity contribution in [3.63, 3.8) is 0 Å². The molecule has 0 spiro atoms. The molecule has 2 nitrogen and oxygen atoms in total. The largest absolute Gasteiger partial charge is 0.468 e. The lowest BCUT2D eigenvalue weighted by molar-refractivity contribution is 0.232. The molecule has 0 unspecified atom stereocenters. The van der Waals surface area contributed by atoms with Crippen LogP contribution < -0.4 is 0 Å². The minimum Gasteiger partial charge on any atom is -0.468 e. The van der Waals surface area contributed by atoms with Crippen LogP contribution in [0.5, 0.6) is 0 Å². The summed E-state index contributed by atoms with van der Waals surface area (Å²) >= 11 is 0. The molecule has 2 aromatic rings. The van der Waals surface area contributed by atoms with Gasteiger partial charge in [-0.2, -0.15) is 0 Å². The van der Waals surface area contributed by atoms with E-state index in [0.29, 0.717) is 0 Å². The molecule has 2 rings (SSSR count). The third kappa shape index (κ3) is 4.56. The number of unbranched alkanes of at least 4 members (excludes halogenated alkanes) is 1. The van der Waals surface area contributed by atoms with Crippen molar-refractivity contribution in [2.45, 2.75) is 39.8 Å². The first kappa shape index (κ1) is 13.9. The third-order valence-corrected chi connectivity index (χ3v) is 3.31. The molecule has 0 aliphatic heterocycles. The molecule has 0 N–H and O–H groups in total. The van der Waals surface area contributed by atoms with Crippen LogP contribution in [0.2, 0.25) is 0 Å². The lowest BCUT2D eigenvalue weighted by atomic mass is 10.1. The second-order valence-corrected chi connectivity index (χ2v) is 5.13. The third-order valence-electron chi connectivity index (χ3n) is 3.31. The molecule has 0 fully saturated rings. The molecule has 1 heterocycles. The first-order valence-electron chi connectivity index (χ1n) is 7.08. The Hall–Kier alpha value is -1.54. The maximum absolute atomic E-state index is 5.46. The number of hydrogen-bond acceptors (Lipinski definition) is 2. The van der Waals surface area contributed by atoms with Gasteiger partial charge in [-0.1, -0.05) is 43.2 Å². The summed E-state index contributed by atoms with van der Waals surface area (Å²) < 4.78 is 5.46. The number of aryl methyl sites for hydroxylation is 1. The summed E-state index contributed by atoms with van der Waals surface area (Å²) in [6.45, 7) is 7.35. The molecular formula is C17H23NO. The average molecular weight is 257 g/mol. The minimum atomic E-state index is 0.890. The number of hydrogen-bond donors (Lipinski definition) is 0. The van der Waals surface area contributed by atoms with Gasteiger partial charge in [0.05, 0.1) is 12.8 Å². The van der Waals surface area contributed by atoms with Crippen molar-refractivity contribution in [1.29, 1.82) is 0 Å². The van der Waals surface area contributed by atoms with Crippen molar-refractivity contribution in [3.05, 3.63) is 59.5 Å². The maximum atomic E-state index is 5.46. The van der Waals surface area contributed by atoms with Gasteiger partial charge in [-0.25, -0.2) is 0 Å². The first-order valence-corrected chi connectivity index (χ1v) is 7.08. The molecule has 1 aromatic carbocycles. The highest BCUT2D eigenvalue weighted by molar-refractivity contribution is 5.21. The highest BCUT2D eigenvalue weighted by atomic mass is 16.3. The van der Waals surface area contributed by atoms with E-state index in [4.69, 9.17) is 4.42 Å². The Balaban J connectivity index is 1.98. The monoisotopic (exact) mass is 257 g/mol. The second kappa shape index (κ2) is 7.15. The van der Waals surface area contributed by atoms with E-state index in [1.165, 1.54) is 24.0 Å². The van der Waals surface area contributed by atoms with Gasteiger partial charge in [0.2, 0.25) is 0 Å². The number of furan rings is 1. The van der Waals surface area contributed by atoms with E-state index in [0.717, 1.165) is 25.4 Å². The number of rotatable bonds is 7. The molecule has 102 valence electrons. The Morgan fingerprint density at radius 1 is 1.05 bits per heavy atom. The molecule has 0 atom stereocenters. The van der Waals surface area contributed by atoms with Gasteiger partial charge in [-0.3, -0.25) is 4.90 Å². The van der Waals surface area contributed by atoms with Crippen LogP contribution in [0.25, 0.3) is 0 Å². The summed E-state index contributed by atoms with van der Waals surface area (Å²) in [6, 6.07) is 12.8. The summed E-state index contributed by atoms with van der Waals surface area (Å²) in [7, 11) is 0. The van der Waals surface area contributed by atoms with Gasteiger partial charge >= 0.3 is 0 Å². The molecule has 0 aliphatic rings. The zero-order valence-electron chi connectivity index (χ0n) is 11.9. The zero-order valence-corrected chi connectivity index (χ0v) is 11.9. The SMILES string of the molecule is CCCCN(Cc1ccc(C)cc1)Cc1ccco1. The Morgan fingerprint density at radius 2 is 1.84 bits per heavy atom. The average Bonchev–Trinajstić information content (AvgIpc) is 2.91. The predicted octanol–water partition coefficient (Wildman–Crippen LogP) is 4.39. The molecule has 0 saturated carbocycles. The Bertz CT molecular complexity index is 459. The predicted molar refractivity (Wildman–Crippen MR) is 78.9 cm³/mol. The van der Waals surface area contributed by atoms with E-state index < -0.39 is 0 Å². The summed E-state index contributed by atoms with van der Waals surface area (Å²) in [5.74, 6) is 1.04. The molecule has 0 bridgehead atoms. The lowest BCUT2D eigenvalue weighted by Crippen LogP contribution is -2.23. The van der Waals surface area contributed by atoms with Gasteiger partial charge in [0.15, 0.2) is 0 Å². The first-order chi connectivity index (χ1) is 9.28. The highest BCUT2D eigenvalue weighted by Gasteiger charge is 2.08. The minimum absolute atomic E-state index is 0.890. The molecule has 19 heavy (non-hydrogen) atoms. The Morgan fingerprint density at radius 3 is 2.47 bits per heavy atom. The van der Waals surface area contributed by atoms with Crippen molar-refractivity contribution in [3.8, 4) is 0 Å². The van der Waals surface area contributed by atoms with Gasteiger partial charge in [0, 0.05) is 6.54 Å². The summed E-state index contributed by atoms with van der Waals surface area (Å²) in [5, 5.41) is 0. The fraction of sp³-hybridized carbons (Fsp3) is 0.412. The summed E-state index contributed by atoms with van der Waals surface area (Å²) in [5.41, 5.74) is 2.68. The lowest BCUT2D eigenvalue weighted by Gasteiger charge is -2.21. The van der Waals surface area contributed by atoms with Crippen LogP contribution in [-0.4, -0.2) is 11.4 Å². The highest BCUT2D eigenvalue weighted by Crippen LogP contribution is 2.12. The van der Waals surface area contributed by atoms with Crippen LogP contribution in [0.15, 0.2) is 47.1 Å². The van der Waals surface area contributed by atoms with Crippen molar-refractivity contribution in [1.82, 2.24) is 4.90 Å². The van der Waals surface area contributed by atoms with Crippen molar-refractivity contribution < 1.29 is 4.42 Å². The Labute approximate surface area is 116 Å². The molecule has 1 aromatic heterocycles. The van der Waals surface area contributed by atoms with E-state index in [9.17, 15) is 0 Å². The zero-order chi connectivity index (χ0) is 13.5. The molecule has 0 saturated heterocycles. The van der Waals surface area contributed by atoms with Crippen LogP contribution in [0.4, 0.5) is 0 Å². The van der Waals surface area contributed by atoms with Gasteiger partial charge in [-0.05, 0) is 37.6 Å². The maximum Gasteiger partial charge on any atom is 0.117 e. The van der Waals surface area contributed by atoms with Crippen molar-refractivity contribution in [2.75, 3.05) is 6.54 Å². The normalized spacial score (nSPS) is 11.1. The van der Waals surface area contributed by atoms with Crippen LogP contribution in [0.3, 0.4) is 0 Å². The standard InChI is InChI=1S/C17H23NO/c1-3-4-11-18(14-17-6-5-12-19-17)13-16-9-7-15(2)8-10-16/h5-10,12H,3-4,11,13-14H2,1-2H3. The van der Waals surface area contributed by atoms with Gasteiger partial charge in [0.25, 0.3) is 0 Å². The second-order valence-electron chi connectivity index (χ2n) is 5.13. The smallest absolute Gasteiger partial charge is 0.117 e. The van der Waals surface area contributed by atoms with Crippen molar-refractivity contribution >= 4 is 0 Å². The van der Waals surface area contributed by atoms with Gasteiger partial charge in [-0.15, -0.1) is 0 Å². The summed E-state index contributed by atoms with van der Waals surface area (Å²) in [6.07, 6.45) is 4.20. The van der Waals surface area contributed by atoms with Crippen LogP contribution in [-0.2, 0) is 13.1 Å². The van der Waals surface area contributed by atoms with Crippen molar-refractivity contribution in [2.24, 2.45) is 0 Å². The van der Waals surface area contributed by atoms with E-state index in [2.05, 4.69) is 43.0 Å². The van der Waals surface area contributed by atoms with E-state index in [1.54, 1.807) is 6.26 Å². The summed E-state index contributed by atoms with van der Waals surface area (Å²) in [4.78, 5) is 2.45. The van der Waals surface area contributed by atoms with E-state index >= 15 is 0 Å². The number of nitrogens with zero attached hydrogens (tertiary/aromatic N) is 1. The Kier molecular flexibility index (Phi) is 5.22. The van der Waals surface area contributed by atoms with E-state index in [-0.39, 0.29) is 0 Å². The van der Waals surface area contributed by atoms with Crippen LogP contribution >= 0.6 is 0 Å². The van der Waals surface area contributed by atoms with Gasteiger partial charge in [0.1, 0.15) is 5.76 Å². The topological polar surface area (TPSA) is 16.4 Å². The molecule has 0 radical (unpaired) electrons. The van der Waals surface area contributed by atoms with E-state index in [1.807, 2.05) is 12.1 Å². The van der Waals surface area contributed by atoms with Gasteiger partial charge < -0.3 is 4.42 Å². The fourth-order valence-corrected chi connectivity index (χ4v) is 2.17. The molecule has 2 heteroatoms. The number of benzene rings is 1. The van der Waals surface area contributed by atoms with Crippen LogP contribution in [0.1, 0.15) is 36.7 Å². The molecule has 0 amide bonds. The fourth-order valence-electron chi connectivity index (χ4n) is 2.17.